The first-order valence-corrected chi connectivity index (χ1v) is 5.69. The average molecular weight is 199 g/mol. The molecule has 0 aromatic carbocycles. The van der Waals surface area contributed by atoms with Gasteiger partial charge in [-0.1, -0.05) is 13.3 Å². The van der Waals surface area contributed by atoms with E-state index in [-0.39, 0.29) is 5.92 Å². The van der Waals surface area contributed by atoms with E-state index in [0.29, 0.717) is 0 Å². The number of aliphatic carboxylic acids is 1. The number of likely N-dealkylation sites (tertiary alicyclic amines) is 1. The Morgan fingerprint density at radius 3 is 2.86 bits per heavy atom. The normalized spacial score (nSPS) is 24.5. The third kappa shape index (κ3) is 3.66. The molecule has 0 amide bonds. The van der Waals surface area contributed by atoms with Gasteiger partial charge in [-0.05, 0) is 45.3 Å². The number of carboxylic acid groups (broad SMARTS) is 1. The molecule has 0 radical (unpaired) electrons. The highest BCUT2D eigenvalue weighted by Gasteiger charge is 2.21. The highest BCUT2D eigenvalue weighted by Crippen LogP contribution is 2.17. The van der Waals surface area contributed by atoms with Crippen molar-refractivity contribution in [3.63, 3.8) is 0 Å². The van der Waals surface area contributed by atoms with Gasteiger partial charge in [-0.15, -0.1) is 0 Å². The molecule has 1 heterocycles. The molecule has 0 bridgehead atoms. The lowest BCUT2D eigenvalue weighted by atomic mass is 10.0. The predicted molar refractivity (Wildman–Crippen MR) is 56.3 cm³/mol. The van der Waals surface area contributed by atoms with E-state index in [9.17, 15) is 4.79 Å². The Hall–Kier alpha value is -0.570. The Labute approximate surface area is 86.1 Å². The van der Waals surface area contributed by atoms with Gasteiger partial charge in [0.05, 0.1) is 5.92 Å². The van der Waals surface area contributed by atoms with Crippen LogP contribution in [-0.2, 0) is 4.79 Å². The summed E-state index contributed by atoms with van der Waals surface area (Å²) in [5, 5.41) is 8.91. The second-order valence-electron chi connectivity index (χ2n) is 4.16. The van der Waals surface area contributed by atoms with Crippen molar-refractivity contribution in [2.24, 2.45) is 5.92 Å². The van der Waals surface area contributed by atoms with E-state index in [1.807, 2.05) is 0 Å². The molecule has 0 aromatic rings. The summed E-state index contributed by atoms with van der Waals surface area (Å²) in [7, 11) is 0. The van der Waals surface area contributed by atoms with Gasteiger partial charge in [0.25, 0.3) is 0 Å². The summed E-state index contributed by atoms with van der Waals surface area (Å²) in [5.74, 6) is -0.705. The fraction of sp³-hybridized carbons (Fsp3) is 0.909. The van der Waals surface area contributed by atoms with E-state index >= 15 is 0 Å². The Kier molecular flexibility index (Phi) is 4.94. The number of hydrogen-bond donors (Lipinski definition) is 1. The number of nitrogens with zero attached hydrogens (tertiary/aromatic N) is 1. The average Bonchev–Trinajstić information content (AvgIpc) is 2.39. The van der Waals surface area contributed by atoms with Gasteiger partial charge in [-0.2, -0.15) is 0 Å². The van der Waals surface area contributed by atoms with Gasteiger partial charge >= 0.3 is 5.97 Å². The second-order valence-corrected chi connectivity index (χ2v) is 4.16. The van der Waals surface area contributed by atoms with Crippen LogP contribution in [0.25, 0.3) is 0 Å². The van der Waals surface area contributed by atoms with E-state index in [4.69, 9.17) is 5.11 Å². The van der Waals surface area contributed by atoms with Crippen molar-refractivity contribution in [3.8, 4) is 0 Å². The third-order valence-electron chi connectivity index (χ3n) is 3.00. The van der Waals surface area contributed by atoms with Crippen LogP contribution >= 0.6 is 0 Å². The van der Waals surface area contributed by atoms with E-state index in [0.717, 1.165) is 38.9 Å². The van der Waals surface area contributed by atoms with Crippen molar-refractivity contribution < 1.29 is 9.90 Å². The van der Waals surface area contributed by atoms with Crippen molar-refractivity contribution >= 4 is 5.97 Å². The minimum absolute atomic E-state index is 0.0957. The summed E-state index contributed by atoms with van der Waals surface area (Å²) in [4.78, 5) is 13.2. The largest absolute Gasteiger partial charge is 0.481 e. The molecule has 3 heteroatoms. The zero-order chi connectivity index (χ0) is 10.4. The first-order valence-electron chi connectivity index (χ1n) is 5.69. The summed E-state index contributed by atoms with van der Waals surface area (Å²) in [6.45, 7) is 5.39. The van der Waals surface area contributed by atoms with Crippen molar-refractivity contribution in [1.82, 2.24) is 4.90 Å². The summed E-state index contributed by atoms with van der Waals surface area (Å²) in [6.07, 6.45) is 5.19. The number of rotatable bonds is 4. The van der Waals surface area contributed by atoms with Gasteiger partial charge in [0, 0.05) is 0 Å². The highest BCUT2D eigenvalue weighted by atomic mass is 16.4. The Balaban J connectivity index is 2.29. The van der Waals surface area contributed by atoms with Crippen LogP contribution in [0.2, 0.25) is 0 Å². The van der Waals surface area contributed by atoms with E-state index in [2.05, 4.69) is 11.8 Å². The summed E-state index contributed by atoms with van der Waals surface area (Å²) in [6, 6.07) is 0. The minimum atomic E-state index is -0.609. The van der Waals surface area contributed by atoms with Crippen molar-refractivity contribution in [3.05, 3.63) is 0 Å². The quantitative estimate of drug-likeness (QED) is 0.752. The predicted octanol–water partition coefficient (Wildman–Crippen LogP) is 1.97. The number of carbonyl (C=O) groups is 1. The van der Waals surface area contributed by atoms with Crippen LogP contribution in [0.3, 0.4) is 0 Å². The van der Waals surface area contributed by atoms with Crippen LogP contribution in [0.5, 0.6) is 0 Å². The summed E-state index contributed by atoms with van der Waals surface area (Å²) in [5.41, 5.74) is 0. The molecule has 1 aliphatic heterocycles. The summed E-state index contributed by atoms with van der Waals surface area (Å²) >= 11 is 0. The standard InChI is InChI=1S/C11H21NO2/c1-2-3-7-12-8-4-5-10(6-9-12)11(13)14/h10H,2-9H2,1H3,(H,13,14). The molecule has 1 aliphatic rings. The molecule has 1 unspecified atom stereocenters. The lowest BCUT2D eigenvalue weighted by Gasteiger charge is -2.19. The zero-order valence-corrected chi connectivity index (χ0v) is 9.04. The van der Waals surface area contributed by atoms with Gasteiger partial charge in [0.15, 0.2) is 0 Å². The SMILES string of the molecule is CCCCN1CCCC(C(=O)O)CC1. The van der Waals surface area contributed by atoms with Gasteiger partial charge < -0.3 is 10.0 Å². The first-order chi connectivity index (χ1) is 6.74. The van der Waals surface area contributed by atoms with Crippen LogP contribution in [0.15, 0.2) is 0 Å². The van der Waals surface area contributed by atoms with Crippen molar-refractivity contribution in [2.45, 2.75) is 39.0 Å². The molecule has 14 heavy (non-hydrogen) atoms. The zero-order valence-electron chi connectivity index (χ0n) is 9.04. The maximum absolute atomic E-state index is 10.8. The van der Waals surface area contributed by atoms with Crippen LogP contribution < -0.4 is 0 Å². The smallest absolute Gasteiger partial charge is 0.306 e. The maximum Gasteiger partial charge on any atom is 0.306 e. The highest BCUT2D eigenvalue weighted by molar-refractivity contribution is 5.69. The molecule has 1 N–H and O–H groups in total. The molecule has 0 saturated carbocycles. The summed E-state index contributed by atoms with van der Waals surface area (Å²) < 4.78 is 0. The van der Waals surface area contributed by atoms with Gasteiger partial charge in [0.1, 0.15) is 0 Å². The minimum Gasteiger partial charge on any atom is -0.481 e. The number of carboxylic acids is 1. The second kappa shape index (κ2) is 6.02. The molecule has 0 spiro atoms. The van der Waals surface area contributed by atoms with Crippen LogP contribution in [-0.4, -0.2) is 35.6 Å². The number of hydrogen-bond acceptors (Lipinski definition) is 2. The van der Waals surface area contributed by atoms with Gasteiger partial charge in [0.2, 0.25) is 0 Å². The van der Waals surface area contributed by atoms with E-state index < -0.39 is 5.97 Å². The fourth-order valence-electron chi connectivity index (χ4n) is 2.01. The molecule has 1 fully saturated rings. The van der Waals surface area contributed by atoms with Gasteiger partial charge in [-0.3, -0.25) is 4.79 Å². The van der Waals surface area contributed by atoms with Crippen LogP contribution in [0, 0.1) is 5.92 Å². The topological polar surface area (TPSA) is 40.5 Å². The maximum atomic E-state index is 10.8. The molecular weight excluding hydrogens is 178 g/mol. The van der Waals surface area contributed by atoms with Crippen molar-refractivity contribution in [1.29, 1.82) is 0 Å². The Morgan fingerprint density at radius 1 is 1.43 bits per heavy atom. The fourth-order valence-corrected chi connectivity index (χ4v) is 2.01. The molecule has 1 rings (SSSR count). The van der Waals surface area contributed by atoms with Crippen molar-refractivity contribution in [2.75, 3.05) is 19.6 Å². The first kappa shape index (κ1) is 11.5. The molecule has 82 valence electrons. The molecule has 1 saturated heterocycles. The number of unbranched alkanes of at least 4 members (excludes halogenated alkanes) is 1. The van der Waals surface area contributed by atoms with Gasteiger partial charge in [-0.25, -0.2) is 0 Å². The van der Waals surface area contributed by atoms with E-state index in [1.54, 1.807) is 0 Å². The molecule has 3 nitrogen and oxygen atoms in total. The third-order valence-corrected chi connectivity index (χ3v) is 3.00. The molecule has 0 aliphatic carbocycles. The van der Waals surface area contributed by atoms with Crippen LogP contribution in [0.4, 0.5) is 0 Å². The lowest BCUT2D eigenvalue weighted by Crippen LogP contribution is -2.26. The Bertz CT molecular complexity index is 182. The Morgan fingerprint density at radius 2 is 2.21 bits per heavy atom. The van der Waals surface area contributed by atoms with E-state index in [1.165, 1.54) is 12.8 Å². The van der Waals surface area contributed by atoms with Crippen LogP contribution in [0.1, 0.15) is 39.0 Å². The molecular formula is C11H21NO2. The molecule has 0 aromatic heterocycles. The lowest BCUT2D eigenvalue weighted by molar-refractivity contribution is -0.142. The molecule has 1 atom stereocenters. The monoisotopic (exact) mass is 199 g/mol.